The third-order valence-corrected chi connectivity index (χ3v) is 7.98. The van der Waals surface area contributed by atoms with Crippen molar-refractivity contribution in [2.75, 3.05) is 25.0 Å². The number of carbonyl (C=O) groups is 1. The summed E-state index contributed by atoms with van der Waals surface area (Å²) in [5.41, 5.74) is 0.328. The summed E-state index contributed by atoms with van der Waals surface area (Å²) in [4.78, 5) is 17.0. The summed E-state index contributed by atoms with van der Waals surface area (Å²) in [6.07, 6.45) is 3.57. The molecule has 0 radical (unpaired) electrons. The Labute approximate surface area is 198 Å². The van der Waals surface area contributed by atoms with Gasteiger partial charge in [-0.2, -0.15) is 4.31 Å². The molecule has 0 spiro atoms. The van der Waals surface area contributed by atoms with E-state index in [4.69, 9.17) is 9.15 Å². The molecule has 0 unspecified atom stereocenters. The minimum Gasteiger partial charge on any atom is -0.492 e. The number of nitrogens with zero attached hydrogens (tertiary/aromatic N) is 3. The van der Waals surface area contributed by atoms with E-state index in [9.17, 15) is 13.2 Å². The number of imidazole rings is 1. The summed E-state index contributed by atoms with van der Waals surface area (Å²) in [6.45, 7) is 6.29. The molecule has 178 valence electrons. The number of hydrogen-bond acceptors (Lipinski definition) is 7. The van der Waals surface area contributed by atoms with E-state index < -0.39 is 15.9 Å². The van der Waals surface area contributed by atoms with Crippen molar-refractivity contribution in [2.24, 2.45) is 7.05 Å². The van der Waals surface area contributed by atoms with Gasteiger partial charge in [0.2, 0.25) is 10.0 Å². The van der Waals surface area contributed by atoms with Gasteiger partial charge in [0.1, 0.15) is 16.4 Å². The number of hydrogen-bond donors (Lipinski definition) is 1. The molecule has 0 aliphatic rings. The quantitative estimate of drug-likeness (QED) is 0.403. The summed E-state index contributed by atoms with van der Waals surface area (Å²) in [5.74, 6) is 1.05. The Hall–Kier alpha value is -2.76. The van der Waals surface area contributed by atoms with Gasteiger partial charge in [0.15, 0.2) is 10.9 Å². The van der Waals surface area contributed by atoms with Crippen LogP contribution in [0.3, 0.4) is 0 Å². The van der Waals surface area contributed by atoms with E-state index in [0.717, 1.165) is 5.16 Å². The molecule has 0 aliphatic heterocycles. The SMILES string of the molecule is CCOc1ccc(NC(=O)c2ccc(CSc3nccn3C)o2)cc1S(=O)(=O)N(CC)CC. The zero-order valence-electron chi connectivity index (χ0n) is 19.1. The Kier molecular flexibility index (Phi) is 8.22. The van der Waals surface area contributed by atoms with Gasteiger partial charge in [0.05, 0.1) is 12.4 Å². The lowest BCUT2D eigenvalue weighted by atomic mass is 10.3. The highest BCUT2D eigenvalue weighted by Crippen LogP contribution is 2.30. The number of furan rings is 1. The van der Waals surface area contributed by atoms with Gasteiger partial charge in [-0.25, -0.2) is 13.4 Å². The zero-order chi connectivity index (χ0) is 24.0. The lowest BCUT2D eigenvalue weighted by molar-refractivity contribution is 0.0995. The minimum atomic E-state index is -3.78. The molecule has 1 N–H and O–H groups in total. The average Bonchev–Trinajstić information content (AvgIpc) is 3.43. The summed E-state index contributed by atoms with van der Waals surface area (Å²) < 4.78 is 40.6. The Balaban J connectivity index is 1.77. The number of sulfonamides is 1. The van der Waals surface area contributed by atoms with Gasteiger partial charge in [0, 0.05) is 38.2 Å². The molecular formula is C22H28N4O5S2. The molecule has 0 bridgehead atoms. The molecule has 1 aromatic carbocycles. The lowest BCUT2D eigenvalue weighted by Crippen LogP contribution is -2.31. The molecule has 0 aliphatic carbocycles. The second kappa shape index (κ2) is 10.9. The van der Waals surface area contributed by atoms with Crippen LogP contribution in [0, 0.1) is 0 Å². The molecular weight excluding hydrogens is 464 g/mol. The molecule has 0 atom stereocenters. The van der Waals surface area contributed by atoms with Crippen molar-refractivity contribution in [3.05, 3.63) is 54.2 Å². The molecule has 3 rings (SSSR count). The first kappa shape index (κ1) is 24.9. The number of benzene rings is 1. The highest BCUT2D eigenvalue weighted by molar-refractivity contribution is 7.98. The largest absolute Gasteiger partial charge is 0.492 e. The monoisotopic (exact) mass is 492 g/mol. The lowest BCUT2D eigenvalue weighted by Gasteiger charge is -2.21. The minimum absolute atomic E-state index is 0.0115. The van der Waals surface area contributed by atoms with Crippen molar-refractivity contribution >= 4 is 33.4 Å². The molecule has 9 nitrogen and oxygen atoms in total. The third-order valence-electron chi connectivity index (χ3n) is 4.83. The van der Waals surface area contributed by atoms with E-state index in [0.29, 0.717) is 36.9 Å². The Morgan fingerprint density at radius 3 is 2.61 bits per heavy atom. The van der Waals surface area contributed by atoms with Crippen LogP contribution in [0.2, 0.25) is 0 Å². The Bertz CT molecular complexity index is 1200. The van der Waals surface area contributed by atoms with Crippen molar-refractivity contribution in [3.63, 3.8) is 0 Å². The van der Waals surface area contributed by atoms with Crippen LogP contribution >= 0.6 is 11.8 Å². The second-order valence-electron chi connectivity index (χ2n) is 7.01. The van der Waals surface area contributed by atoms with Gasteiger partial charge < -0.3 is 19.0 Å². The summed E-state index contributed by atoms with van der Waals surface area (Å²) >= 11 is 1.49. The fourth-order valence-corrected chi connectivity index (χ4v) is 5.60. The van der Waals surface area contributed by atoms with Crippen molar-refractivity contribution in [1.82, 2.24) is 13.9 Å². The molecule has 33 heavy (non-hydrogen) atoms. The van der Waals surface area contributed by atoms with Gasteiger partial charge in [-0.15, -0.1) is 0 Å². The van der Waals surface area contributed by atoms with Crippen LogP contribution in [0.1, 0.15) is 37.1 Å². The Morgan fingerprint density at radius 1 is 1.21 bits per heavy atom. The van der Waals surface area contributed by atoms with E-state index >= 15 is 0 Å². The van der Waals surface area contributed by atoms with E-state index in [1.54, 1.807) is 51.2 Å². The topological polar surface area (TPSA) is 107 Å². The highest BCUT2D eigenvalue weighted by Gasteiger charge is 2.26. The molecule has 0 saturated carbocycles. The highest BCUT2D eigenvalue weighted by atomic mass is 32.2. The van der Waals surface area contributed by atoms with E-state index in [2.05, 4.69) is 10.3 Å². The fourth-order valence-electron chi connectivity index (χ4n) is 3.16. The maximum Gasteiger partial charge on any atom is 0.291 e. The molecule has 2 heterocycles. The van der Waals surface area contributed by atoms with E-state index in [-0.39, 0.29) is 16.4 Å². The second-order valence-corrected chi connectivity index (χ2v) is 9.86. The number of aryl methyl sites for hydroxylation is 1. The number of thioether (sulfide) groups is 1. The van der Waals surface area contributed by atoms with Crippen LogP contribution in [0.4, 0.5) is 5.69 Å². The van der Waals surface area contributed by atoms with Crippen molar-refractivity contribution in [2.45, 2.75) is 36.6 Å². The van der Waals surface area contributed by atoms with Crippen LogP contribution < -0.4 is 10.1 Å². The van der Waals surface area contributed by atoms with Gasteiger partial charge in [0.25, 0.3) is 5.91 Å². The van der Waals surface area contributed by atoms with Crippen LogP contribution in [-0.4, -0.2) is 47.9 Å². The number of amides is 1. The van der Waals surface area contributed by atoms with Crippen LogP contribution in [0.5, 0.6) is 5.75 Å². The van der Waals surface area contributed by atoms with Crippen molar-refractivity contribution in [3.8, 4) is 5.75 Å². The molecule has 2 aromatic heterocycles. The molecule has 0 saturated heterocycles. The number of rotatable bonds is 11. The predicted molar refractivity (Wildman–Crippen MR) is 127 cm³/mol. The van der Waals surface area contributed by atoms with Crippen LogP contribution in [0.15, 0.2) is 57.2 Å². The number of aromatic nitrogens is 2. The maximum atomic E-state index is 13.1. The predicted octanol–water partition coefficient (Wildman–Crippen LogP) is 3.99. The van der Waals surface area contributed by atoms with E-state index in [1.807, 2.05) is 17.8 Å². The average molecular weight is 493 g/mol. The van der Waals surface area contributed by atoms with E-state index in [1.165, 1.54) is 22.1 Å². The van der Waals surface area contributed by atoms with Gasteiger partial charge in [-0.1, -0.05) is 25.6 Å². The normalized spacial score (nSPS) is 11.7. The third kappa shape index (κ3) is 5.79. The first-order valence-corrected chi connectivity index (χ1v) is 13.0. The molecule has 11 heteroatoms. The van der Waals surface area contributed by atoms with Gasteiger partial charge >= 0.3 is 0 Å². The molecule has 0 fully saturated rings. The summed E-state index contributed by atoms with van der Waals surface area (Å²) in [7, 11) is -1.88. The standard InChI is InChI=1S/C22H28N4O5S2/c1-5-26(6-2)33(28,29)20-14-16(8-10-18(20)30-7-3)24-21(27)19-11-9-17(31-19)15-32-22-23-12-13-25(22)4/h8-14H,5-7,15H2,1-4H3,(H,24,27). The fraction of sp³-hybridized carbons (Fsp3) is 0.364. The van der Waals surface area contributed by atoms with Gasteiger partial charge in [-0.3, -0.25) is 4.79 Å². The summed E-state index contributed by atoms with van der Waals surface area (Å²) in [5, 5.41) is 3.55. The van der Waals surface area contributed by atoms with Gasteiger partial charge in [-0.05, 0) is 37.3 Å². The van der Waals surface area contributed by atoms with Crippen LogP contribution in [-0.2, 0) is 22.8 Å². The molecule has 1 amide bonds. The maximum absolute atomic E-state index is 13.1. The first-order valence-electron chi connectivity index (χ1n) is 10.6. The number of anilines is 1. The Morgan fingerprint density at radius 2 is 1.97 bits per heavy atom. The van der Waals surface area contributed by atoms with Crippen molar-refractivity contribution in [1.29, 1.82) is 0 Å². The zero-order valence-corrected chi connectivity index (χ0v) is 20.7. The number of nitrogens with one attached hydrogen (secondary N) is 1. The molecule has 3 aromatic rings. The first-order chi connectivity index (χ1) is 15.8. The smallest absolute Gasteiger partial charge is 0.291 e. The van der Waals surface area contributed by atoms with Crippen LogP contribution in [0.25, 0.3) is 0 Å². The van der Waals surface area contributed by atoms with Crippen molar-refractivity contribution < 1.29 is 22.4 Å². The summed E-state index contributed by atoms with van der Waals surface area (Å²) in [6, 6.07) is 7.89. The number of ether oxygens (including phenoxy) is 1. The number of carbonyl (C=O) groups excluding carboxylic acids is 1.